The Kier molecular flexibility index (Phi) is 5.70. The molecule has 4 heteroatoms. The van der Waals surface area contributed by atoms with Crippen LogP contribution in [-0.4, -0.2) is 48.1 Å². The van der Waals surface area contributed by atoms with E-state index in [1.807, 2.05) is 23.9 Å². The van der Waals surface area contributed by atoms with E-state index in [1.54, 1.807) is 6.92 Å². The van der Waals surface area contributed by atoms with Gasteiger partial charge in [-0.25, -0.2) is 0 Å². The molecule has 19 heavy (non-hydrogen) atoms. The van der Waals surface area contributed by atoms with Crippen molar-refractivity contribution in [2.75, 3.05) is 32.0 Å². The SMILES string of the molecule is CCN1CCOC(CSc2cccc(C(C)O)c2)C1. The molecule has 2 rings (SSSR count). The van der Waals surface area contributed by atoms with E-state index < -0.39 is 6.10 Å². The largest absolute Gasteiger partial charge is 0.389 e. The molecule has 1 aromatic rings. The van der Waals surface area contributed by atoms with Crippen LogP contribution in [-0.2, 0) is 4.74 Å². The van der Waals surface area contributed by atoms with Gasteiger partial charge in [-0.3, -0.25) is 4.90 Å². The number of rotatable bonds is 5. The van der Waals surface area contributed by atoms with Gasteiger partial charge in [0.05, 0.1) is 18.8 Å². The van der Waals surface area contributed by atoms with Crippen LogP contribution in [0, 0.1) is 0 Å². The average molecular weight is 281 g/mol. The summed E-state index contributed by atoms with van der Waals surface area (Å²) in [5.41, 5.74) is 0.977. The molecule has 3 nitrogen and oxygen atoms in total. The Bertz CT molecular complexity index is 397. The second-order valence-electron chi connectivity index (χ2n) is 4.95. The molecule has 0 bridgehead atoms. The van der Waals surface area contributed by atoms with E-state index in [2.05, 4.69) is 24.0 Å². The summed E-state index contributed by atoms with van der Waals surface area (Å²) >= 11 is 1.81. The van der Waals surface area contributed by atoms with E-state index in [1.165, 1.54) is 4.90 Å². The second-order valence-corrected chi connectivity index (χ2v) is 6.04. The van der Waals surface area contributed by atoms with Crippen LogP contribution in [0.3, 0.4) is 0 Å². The minimum Gasteiger partial charge on any atom is -0.389 e. The van der Waals surface area contributed by atoms with Crippen molar-refractivity contribution < 1.29 is 9.84 Å². The molecule has 0 radical (unpaired) electrons. The van der Waals surface area contributed by atoms with Crippen molar-refractivity contribution in [1.82, 2.24) is 4.90 Å². The Morgan fingerprint density at radius 3 is 3.11 bits per heavy atom. The maximum atomic E-state index is 9.59. The number of benzene rings is 1. The standard InChI is InChI=1S/C15H23NO2S/c1-3-16-7-8-18-14(10-16)11-19-15-6-4-5-13(9-15)12(2)17/h4-6,9,12,14,17H,3,7-8,10-11H2,1-2H3. The first-order chi connectivity index (χ1) is 9.19. The molecule has 1 aromatic carbocycles. The van der Waals surface area contributed by atoms with Crippen molar-refractivity contribution in [2.24, 2.45) is 0 Å². The van der Waals surface area contributed by atoms with Gasteiger partial charge in [-0.05, 0) is 31.2 Å². The van der Waals surface area contributed by atoms with Gasteiger partial charge in [-0.1, -0.05) is 19.1 Å². The molecule has 1 aliphatic rings. The molecule has 1 fully saturated rings. The predicted molar refractivity (Wildman–Crippen MR) is 79.7 cm³/mol. The highest BCUT2D eigenvalue weighted by Crippen LogP contribution is 2.24. The lowest BCUT2D eigenvalue weighted by Gasteiger charge is -2.31. The van der Waals surface area contributed by atoms with E-state index in [-0.39, 0.29) is 0 Å². The van der Waals surface area contributed by atoms with Crippen molar-refractivity contribution in [3.63, 3.8) is 0 Å². The van der Waals surface area contributed by atoms with Crippen molar-refractivity contribution >= 4 is 11.8 Å². The summed E-state index contributed by atoms with van der Waals surface area (Å²) in [5.74, 6) is 0.972. The van der Waals surface area contributed by atoms with Gasteiger partial charge < -0.3 is 9.84 Å². The summed E-state index contributed by atoms with van der Waals surface area (Å²) in [6.45, 7) is 8.01. The Labute approximate surface area is 120 Å². The van der Waals surface area contributed by atoms with Gasteiger partial charge in [-0.2, -0.15) is 0 Å². The van der Waals surface area contributed by atoms with Crippen LogP contribution in [0.25, 0.3) is 0 Å². The topological polar surface area (TPSA) is 32.7 Å². The minimum atomic E-state index is -0.401. The molecule has 2 atom stereocenters. The van der Waals surface area contributed by atoms with E-state index in [9.17, 15) is 5.11 Å². The normalized spacial score (nSPS) is 22.4. The Morgan fingerprint density at radius 1 is 1.53 bits per heavy atom. The molecule has 106 valence electrons. The maximum Gasteiger partial charge on any atom is 0.0796 e. The van der Waals surface area contributed by atoms with Crippen LogP contribution in [0.2, 0.25) is 0 Å². The first kappa shape index (κ1) is 14.9. The zero-order valence-corrected chi connectivity index (χ0v) is 12.5. The zero-order valence-electron chi connectivity index (χ0n) is 11.7. The molecule has 1 N–H and O–H groups in total. The van der Waals surface area contributed by atoms with Crippen LogP contribution in [0.4, 0.5) is 0 Å². The molecule has 1 heterocycles. The van der Waals surface area contributed by atoms with Crippen LogP contribution < -0.4 is 0 Å². The Hall–Kier alpha value is -0.550. The first-order valence-electron chi connectivity index (χ1n) is 6.94. The lowest BCUT2D eigenvalue weighted by Crippen LogP contribution is -2.43. The van der Waals surface area contributed by atoms with Crippen LogP contribution >= 0.6 is 11.8 Å². The van der Waals surface area contributed by atoms with Crippen molar-refractivity contribution in [1.29, 1.82) is 0 Å². The fraction of sp³-hybridized carbons (Fsp3) is 0.600. The molecule has 1 saturated heterocycles. The number of aliphatic hydroxyl groups is 1. The van der Waals surface area contributed by atoms with E-state index >= 15 is 0 Å². The minimum absolute atomic E-state index is 0.314. The number of likely N-dealkylation sites (N-methyl/N-ethyl adjacent to an activating group) is 1. The number of morpholine rings is 1. The molecular weight excluding hydrogens is 258 g/mol. The van der Waals surface area contributed by atoms with E-state index in [0.717, 1.165) is 37.6 Å². The predicted octanol–water partition coefficient (Wildman–Crippen LogP) is 2.55. The van der Waals surface area contributed by atoms with Crippen LogP contribution in [0.15, 0.2) is 29.2 Å². The Balaban J connectivity index is 1.86. The van der Waals surface area contributed by atoms with Gasteiger partial charge in [0.2, 0.25) is 0 Å². The molecule has 0 saturated carbocycles. The number of thioether (sulfide) groups is 1. The van der Waals surface area contributed by atoms with Gasteiger partial charge in [0, 0.05) is 23.7 Å². The lowest BCUT2D eigenvalue weighted by atomic mass is 10.1. The highest BCUT2D eigenvalue weighted by Gasteiger charge is 2.19. The Morgan fingerprint density at radius 2 is 2.37 bits per heavy atom. The molecule has 0 spiro atoms. The third-order valence-corrected chi connectivity index (χ3v) is 4.57. The zero-order chi connectivity index (χ0) is 13.7. The fourth-order valence-electron chi connectivity index (χ4n) is 2.22. The number of nitrogens with zero attached hydrogens (tertiary/aromatic N) is 1. The number of hydrogen-bond donors (Lipinski definition) is 1. The highest BCUT2D eigenvalue weighted by molar-refractivity contribution is 7.99. The van der Waals surface area contributed by atoms with Gasteiger partial charge in [-0.15, -0.1) is 11.8 Å². The van der Waals surface area contributed by atoms with E-state index in [4.69, 9.17) is 4.74 Å². The fourth-order valence-corrected chi connectivity index (χ4v) is 3.20. The van der Waals surface area contributed by atoms with Gasteiger partial charge in [0.1, 0.15) is 0 Å². The summed E-state index contributed by atoms with van der Waals surface area (Å²) in [6.07, 6.45) is -0.0871. The van der Waals surface area contributed by atoms with Gasteiger partial charge in [0.15, 0.2) is 0 Å². The number of hydrogen-bond acceptors (Lipinski definition) is 4. The quantitative estimate of drug-likeness (QED) is 0.841. The van der Waals surface area contributed by atoms with Crippen molar-refractivity contribution in [3.8, 4) is 0 Å². The second kappa shape index (κ2) is 7.29. The molecule has 0 aromatic heterocycles. The third-order valence-electron chi connectivity index (χ3n) is 3.45. The lowest BCUT2D eigenvalue weighted by molar-refractivity contribution is -0.0137. The maximum absolute atomic E-state index is 9.59. The molecule has 0 aliphatic carbocycles. The monoisotopic (exact) mass is 281 g/mol. The van der Waals surface area contributed by atoms with Crippen molar-refractivity contribution in [3.05, 3.63) is 29.8 Å². The number of aliphatic hydroxyl groups excluding tert-OH is 1. The summed E-state index contributed by atoms with van der Waals surface area (Å²) in [5, 5.41) is 9.59. The number of ether oxygens (including phenoxy) is 1. The van der Waals surface area contributed by atoms with Gasteiger partial charge in [0.25, 0.3) is 0 Å². The molecule has 0 amide bonds. The molecule has 1 aliphatic heterocycles. The molecule has 2 unspecified atom stereocenters. The summed E-state index contributed by atoms with van der Waals surface area (Å²) in [4.78, 5) is 3.64. The average Bonchev–Trinajstić information content (AvgIpc) is 2.45. The van der Waals surface area contributed by atoms with Crippen LogP contribution in [0.1, 0.15) is 25.5 Å². The highest BCUT2D eigenvalue weighted by atomic mass is 32.2. The summed E-state index contributed by atoms with van der Waals surface area (Å²) in [7, 11) is 0. The van der Waals surface area contributed by atoms with Gasteiger partial charge >= 0.3 is 0 Å². The van der Waals surface area contributed by atoms with Crippen molar-refractivity contribution in [2.45, 2.75) is 31.0 Å². The van der Waals surface area contributed by atoms with E-state index in [0.29, 0.717) is 6.10 Å². The third kappa shape index (κ3) is 4.49. The first-order valence-corrected chi connectivity index (χ1v) is 7.92. The van der Waals surface area contributed by atoms with Crippen LogP contribution in [0.5, 0.6) is 0 Å². The smallest absolute Gasteiger partial charge is 0.0796 e. The molecular formula is C15H23NO2S. The summed E-state index contributed by atoms with van der Waals surface area (Å²) in [6, 6.07) is 8.13. The summed E-state index contributed by atoms with van der Waals surface area (Å²) < 4.78 is 5.80.